The van der Waals surface area contributed by atoms with E-state index in [4.69, 9.17) is 4.74 Å². The van der Waals surface area contributed by atoms with Crippen LogP contribution in [-0.4, -0.2) is 30.5 Å². The average Bonchev–Trinajstić information content (AvgIpc) is 2.43. The second kappa shape index (κ2) is 6.16. The Bertz CT molecular complexity index is 525. The molecule has 1 aromatic rings. The van der Waals surface area contributed by atoms with Crippen LogP contribution in [0.1, 0.15) is 27.7 Å². The molecule has 5 nitrogen and oxygen atoms in total. The molecule has 1 aromatic carbocycles. The number of ether oxygens (including phenoxy) is 1. The van der Waals surface area contributed by atoms with E-state index in [9.17, 15) is 9.59 Å². The van der Waals surface area contributed by atoms with Crippen molar-refractivity contribution in [3.05, 3.63) is 24.3 Å². The van der Waals surface area contributed by atoms with Crippen molar-refractivity contribution < 1.29 is 14.3 Å². The van der Waals surface area contributed by atoms with Gasteiger partial charge >= 0.3 is 0 Å². The standard InChI is InChI=1S/C16H22N2O3/c1-5-21-13-8-6-12(7-9-13)18-14(10(2)3)15(19)17-11(4)16(18)20/h6-11,14H,5H2,1-4H3,(H,17,19). The molecule has 0 spiro atoms. The third kappa shape index (κ3) is 3.01. The fraction of sp³-hybridized carbons (Fsp3) is 0.500. The number of hydrogen-bond acceptors (Lipinski definition) is 3. The minimum absolute atomic E-state index is 0.0352. The molecule has 0 aromatic heterocycles. The number of benzene rings is 1. The highest BCUT2D eigenvalue weighted by Crippen LogP contribution is 2.27. The average molecular weight is 290 g/mol. The number of anilines is 1. The van der Waals surface area contributed by atoms with Crippen LogP contribution in [-0.2, 0) is 9.59 Å². The number of carbonyl (C=O) groups excluding carboxylic acids is 2. The molecule has 1 fully saturated rings. The van der Waals surface area contributed by atoms with Gasteiger partial charge in [-0.15, -0.1) is 0 Å². The van der Waals surface area contributed by atoms with E-state index in [2.05, 4.69) is 5.32 Å². The van der Waals surface area contributed by atoms with Gasteiger partial charge in [-0.05, 0) is 44.0 Å². The van der Waals surface area contributed by atoms with Crippen LogP contribution in [0.4, 0.5) is 5.69 Å². The van der Waals surface area contributed by atoms with E-state index >= 15 is 0 Å². The molecule has 2 amide bonds. The minimum Gasteiger partial charge on any atom is -0.494 e. The highest BCUT2D eigenvalue weighted by atomic mass is 16.5. The van der Waals surface area contributed by atoms with Gasteiger partial charge in [0.05, 0.1) is 6.61 Å². The van der Waals surface area contributed by atoms with Gasteiger partial charge in [-0.2, -0.15) is 0 Å². The van der Waals surface area contributed by atoms with Crippen molar-refractivity contribution in [1.29, 1.82) is 0 Å². The van der Waals surface area contributed by atoms with E-state index in [0.717, 1.165) is 11.4 Å². The van der Waals surface area contributed by atoms with Gasteiger partial charge in [0.15, 0.2) is 0 Å². The molecular formula is C16H22N2O3. The summed E-state index contributed by atoms with van der Waals surface area (Å²) in [4.78, 5) is 26.3. The summed E-state index contributed by atoms with van der Waals surface area (Å²) in [5.74, 6) is 0.598. The molecule has 5 heteroatoms. The van der Waals surface area contributed by atoms with Crippen LogP contribution in [0.2, 0.25) is 0 Å². The monoisotopic (exact) mass is 290 g/mol. The van der Waals surface area contributed by atoms with Crippen molar-refractivity contribution in [3.8, 4) is 5.75 Å². The molecule has 21 heavy (non-hydrogen) atoms. The van der Waals surface area contributed by atoms with E-state index in [1.807, 2.05) is 45.0 Å². The summed E-state index contributed by atoms with van der Waals surface area (Å²) in [7, 11) is 0. The quantitative estimate of drug-likeness (QED) is 0.922. The first kappa shape index (κ1) is 15.4. The Hall–Kier alpha value is -2.04. The van der Waals surface area contributed by atoms with Gasteiger partial charge in [-0.1, -0.05) is 13.8 Å². The smallest absolute Gasteiger partial charge is 0.250 e. The Labute approximate surface area is 125 Å². The zero-order valence-electron chi connectivity index (χ0n) is 12.9. The first-order valence-electron chi connectivity index (χ1n) is 7.32. The topological polar surface area (TPSA) is 58.6 Å². The van der Waals surface area contributed by atoms with Crippen molar-refractivity contribution in [1.82, 2.24) is 5.32 Å². The molecule has 0 saturated carbocycles. The lowest BCUT2D eigenvalue weighted by molar-refractivity contribution is -0.134. The third-order valence-corrected chi connectivity index (χ3v) is 3.57. The lowest BCUT2D eigenvalue weighted by atomic mass is 9.96. The summed E-state index contributed by atoms with van der Waals surface area (Å²) < 4.78 is 5.41. The Morgan fingerprint density at radius 1 is 1.24 bits per heavy atom. The predicted octanol–water partition coefficient (Wildman–Crippen LogP) is 1.96. The fourth-order valence-electron chi connectivity index (χ4n) is 2.58. The van der Waals surface area contributed by atoms with Gasteiger partial charge in [-0.3, -0.25) is 14.5 Å². The first-order valence-corrected chi connectivity index (χ1v) is 7.32. The maximum absolute atomic E-state index is 12.5. The van der Waals surface area contributed by atoms with E-state index in [0.29, 0.717) is 6.61 Å². The van der Waals surface area contributed by atoms with E-state index in [1.165, 1.54) is 0 Å². The lowest BCUT2D eigenvalue weighted by Crippen LogP contribution is -2.64. The van der Waals surface area contributed by atoms with Gasteiger partial charge in [0.1, 0.15) is 17.8 Å². The van der Waals surface area contributed by atoms with Crippen LogP contribution >= 0.6 is 0 Å². The third-order valence-electron chi connectivity index (χ3n) is 3.57. The summed E-state index contributed by atoms with van der Waals surface area (Å²) in [5.41, 5.74) is 0.726. The number of rotatable bonds is 4. The molecule has 1 N–H and O–H groups in total. The van der Waals surface area contributed by atoms with E-state index in [-0.39, 0.29) is 17.7 Å². The summed E-state index contributed by atoms with van der Waals surface area (Å²) >= 11 is 0. The molecule has 1 saturated heterocycles. The highest BCUT2D eigenvalue weighted by molar-refractivity contribution is 6.08. The van der Waals surface area contributed by atoms with Crippen LogP contribution in [0.25, 0.3) is 0 Å². The Morgan fingerprint density at radius 2 is 1.86 bits per heavy atom. The fourth-order valence-corrected chi connectivity index (χ4v) is 2.58. The second-order valence-corrected chi connectivity index (χ2v) is 5.55. The molecular weight excluding hydrogens is 268 g/mol. The van der Waals surface area contributed by atoms with Crippen molar-refractivity contribution in [2.45, 2.75) is 39.8 Å². The maximum atomic E-state index is 12.5. The summed E-state index contributed by atoms with van der Waals surface area (Å²) in [6.45, 7) is 8.10. The summed E-state index contributed by atoms with van der Waals surface area (Å²) in [5, 5.41) is 2.74. The molecule has 2 unspecified atom stereocenters. The van der Waals surface area contributed by atoms with E-state index < -0.39 is 12.1 Å². The van der Waals surface area contributed by atoms with Crippen molar-refractivity contribution in [3.63, 3.8) is 0 Å². The second-order valence-electron chi connectivity index (χ2n) is 5.55. The number of nitrogens with zero attached hydrogens (tertiary/aromatic N) is 1. The summed E-state index contributed by atoms with van der Waals surface area (Å²) in [6.07, 6.45) is 0. The van der Waals surface area contributed by atoms with Crippen LogP contribution in [0.5, 0.6) is 5.75 Å². The molecule has 1 aliphatic heterocycles. The Kier molecular flexibility index (Phi) is 4.50. The van der Waals surface area contributed by atoms with Gasteiger partial charge in [0.2, 0.25) is 11.8 Å². The zero-order chi connectivity index (χ0) is 15.6. The molecule has 0 bridgehead atoms. The van der Waals surface area contributed by atoms with Gasteiger partial charge in [0.25, 0.3) is 0 Å². The molecule has 2 atom stereocenters. The minimum atomic E-state index is -0.501. The number of piperazine rings is 1. The summed E-state index contributed by atoms with van der Waals surface area (Å²) in [6, 6.07) is 6.31. The Morgan fingerprint density at radius 3 is 2.38 bits per heavy atom. The highest BCUT2D eigenvalue weighted by Gasteiger charge is 2.40. The van der Waals surface area contributed by atoms with Crippen LogP contribution in [0.3, 0.4) is 0 Å². The molecule has 1 heterocycles. The normalized spacial score (nSPS) is 22.4. The number of carbonyl (C=O) groups is 2. The number of amides is 2. The molecule has 114 valence electrons. The van der Waals surface area contributed by atoms with Crippen molar-refractivity contribution >= 4 is 17.5 Å². The lowest BCUT2D eigenvalue weighted by Gasteiger charge is -2.39. The Balaban J connectivity index is 2.35. The van der Waals surface area contributed by atoms with Crippen molar-refractivity contribution in [2.24, 2.45) is 5.92 Å². The van der Waals surface area contributed by atoms with Crippen LogP contribution < -0.4 is 15.0 Å². The molecule has 0 radical (unpaired) electrons. The van der Waals surface area contributed by atoms with Gasteiger partial charge in [-0.25, -0.2) is 0 Å². The molecule has 0 aliphatic carbocycles. The van der Waals surface area contributed by atoms with Gasteiger partial charge in [0, 0.05) is 5.69 Å². The van der Waals surface area contributed by atoms with Crippen molar-refractivity contribution in [2.75, 3.05) is 11.5 Å². The van der Waals surface area contributed by atoms with Crippen LogP contribution in [0, 0.1) is 5.92 Å². The first-order chi connectivity index (χ1) is 9.95. The predicted molar refractivity (Wildman–Crippen MR) is 81.3 cm³/mol. The van der Waals surface area contributed by atoms with Gasteiger partial charge < -0.3 is 10.1 Å². The SMILES string of the molecule is CCOc1ccc(N2C(=O)C(C)NC(=O)C2C(C)C)cc1. The van der Waals surface area contributed by atoms with E-state index in [1.54, 1.807) is 11.8 Å². The van der Waals surface area contributed by atoms with Crippen LogP contribution in [0.15, 0.2) is 24.3 Å². The molecule has 2 rings (SSSR count). The number of nitrogens with one attached hydrogen (secondary N) is 1. The maximum Gasteiger partial charge on any atom is 0.250 e. The molecule has 1 aliphatic rings. The zero-order valence-corrected chi connectivity index (χ0v) is 12.9. The number of hydrogen-bond donors (Lipinski definition) is 1. The largest absolute Gasteiger partial charge is 0.494 e.